The summed E-state index contributed by atoms with van der Waals surface area (Å²) in [6.45, 7) is 3.77. The smallest absolute Gasteiger partial charge is 0.160 e. The minimum Gasteiger partial charge on any atom is -0.325 e. The third kappa shape index (κ3) is 3.12. The van der Waals surface area contributed by atoms with E-state index in [1.807, 2.05) is 13.8 Å². The molecule has 0 spiro atoms. The van der Waals surface area contributed by atoms with Gasteiger partial charge in [0.1, 0.15) is 0 Å². The highest BCUT2D eigenvalue weighted by molar-refractivity contribution is 6.34. The van der Waals surface area contributed by atoms with E-state index >= 15 is 0 Å². The Morgan fingerprint density at radius 3 is 2.07 bits per heavy atom. The molecule has 14 heavy (non-hydrogen) atoms. The maximum absolute atomic E-state index is 13.0. The zero-order valence-electron chi connectivity index (χ0n) is 8.07. The lowest BCUT2D eigenvalue weighted by Gasteiger charge is -2.18. The van der Waals surface area contributed by atoms with Gasteiger partial charge in [0.25, 0.3) is 0 Å². The summed E-state index contributed by atoms with van der Waals surface area (Å²) in [5.74, 6) is -0.577. The van der Waals surface area contributed by atoms with Gasteiger partial charge in [-0.25, -0.2) is 4.39 Å². The van der Waals surface area contributed by atoms with Crippen LogP contribution in [-0.2, 0) is 6.42 Å². The molecule has 0 fully saturated rings. The van der Waals surface area contributed by atoms with Crippen LogP contribution in [-0.4, -0.2) is 5.54 Å². The van der Waals surface area contributed by atoms with Crippen molar-refractivity contribution in [2.45, 2.75) is 25.8 Å². The fraction of sp³-hybridized carbons (Fsp3) is 0.400. The Bertz CT molecular complexity index is 321. The van der Waals surface area contributed by atoms with Gasteiger partial charge in [-0.2, -0.15) is 0 Å². The third-order valence-corrected chi connectivity index (χ3v) is 2.25. The van der Waals surface area contributed by atoms with Crippen molar-refractivity contribution in [2.24, 2.45) is 5.73 Å². The number of nitrogens with two attached hydrogens (primary N) is 1. The topological polar surface area (TPSA) is 26.0 Å². The molecular weight excluding hydrogens is 224 g/mol. The molecular formula is C10H12Cl2FN. The molecule has 2 N–H and O–H groups in total. The molecule has 0 aliphatic carbocycles. The summed E-state index contributed by atoms with van der Waals surface area (Å²) in [7, 11) is 0. The van der Waals surface area contributed by atoms with Crippen molar-refractivity contribution >= 4 is 23.2 Å². The van der Waals surface area contributed by atoms with Crippen molar-refractivity contribution in [3.63, 3.8) is 0 Å². The van der Waals surface area contributed by atoms with Gasteiger partial charge in [-0.1, -0.05) is 23.2 Å². The maximum atomic E-state index is 13.0. The first-order valence-electron chi connectivity index (χ1n) is 4.22. The summed E-state index contributed by atoms with van der Waals surface area (Å²) in [6, 6.07) is 3.11. The molecule has 4 heteroatoms. The molecule has 0 saturated heterocycles. The summed E-state index contributed by atoms with van der Waals surface area (Å²) in [5, 5.41) is 0.0773. The zero-order valence-corrected chi connectivity index (χ0v) is 9.58. The quantitative estimate of drug-likeness (QED) is 0.782. The van der Waals surface area contributed by atoms with Gasteiger partial charge in [0.05, 0.1) is 10.0 Å². The number of hydrogen-bond donors (Lipinski definition) is 1. The van der Waals surface area contributed by atoms with E-state index in [-0.39, 0.29) is 15.6 Å². The van der Waals surface area contributed by atoms with Gasteiger partial charge in [0.2, 0.25) is 0 Å². The van der Waals surface area contributed by atoms with Crippen molar-refractivity contribution in [2.75, 3.05) is 0 Å². The fourth-order valence-corrected chi connectivity index (χ4v) is 1.77. The molecule has 0 bridgehead atoms. The molecule has 0 heterocycles. The van der Waals surface area contributed by atoms with Crippen molar-refractivity contribution in [3.05, 3.63) is 33.6 Å². The number of halogens is 3. The average Bonchev–Trinajstić information content (AvgIpc) is 1.96. The molecule has 0 aliphatic heterocycles. The molecule has 78 valence electrons. The molecule has 0 amide bonds. The van der Waals surface area contributed by atoms with E-state index < -0.39 is 5.82 Å². The molecule has 1 aromatic carbocycles. The molecule has 1 aromatic rings. The summed E-state index contributed by atoms with van der Waals surface area (Å²) >= 11 is 11.3. The molecule has 1 nitrogen and oxygen atoms in total. The monoisotopic (exact) mass is 235 g/mol. The Labute approximate surface area is 93.0 Å². The van der Waals surface area contributed by atoms with Crippen LogP contribution >= 0.6 is 23.2 Å². The van der Waals surface area contributed by atoms with Gasteiger partial charge in [0, 0.05) is 5.54 Å². The van der Waals surface area contributed by atoms with Crippen LogP contribution in [0, 0.1) is 5.82 Å². The van der Waals surface area contributed by atoms with Crippen molar-refractivity contribution < 1.29 is 4.39 Å². The van der Waals surface area contributed by atoms with Crippen LogP contribution < -0.4 is 5.73 Å². The lowest BCUT2D eigenvalue weighted by molar-refractivity contribution is 0.516. The second-order valence-electron chi connectivity index (χ2n) is 4.04. The van der Waals surface area contributed by atoms with E-state index in [9.17, 15) is 4.39 Å². The molecule has 0 aromatic heterocycles. The molecule has 1 rings (SSSR count). The van der Waals surface area contributed by atoms with Crippen molar-refractivity contribution in [3.8, 4) is 0 Å². The van der Waals surface area contributed by atoms with Crippen LogP contribution in [0.3, 0.4) is 0 Å². The highest BCUT2D eigenvalue weighted by atomic mass is 35.5. The van der Waals surface area contributed by atoms with Gasteiger partial charge in [0.15, 0.2) is 5.82 Å². The minimum absolute atomic E-state index is 0.0387. The van der Waals surface area contributed by atoms with E-state index in [2.05, 4.69) is 0 Å². The minimum atomic E-state index is -0.577. The molecule has 0 unspecified atom stereocenters. The first kappa shape index (κ1) is 11.8. The van der Waals surface area contributed by atoms with Crippen LogP contribution in [0.5, 0.6) is 0 Å². The molecule has 0 aliphatic rings. The van der Waals surface area contributed by atoms with Gasteiger partial charge in [-0.3, -0.25) is 0 Å². The lowest BCUT2D eigenvalue weighted by Crippen LogP contribution is -2.34. The molecule has 0 radical (unpaired) electrons. The maximum Gasteiger partial charge on any atom is 0.160 e. The highest BCUT2D eigenvalue weighted by Crippen LogP contribution is 2.26. The average molecular weight is 236 g/mol. The normalized spacial score (nSPS) is 11.9. The van der Waals surface area contributed by atoms with Crippen LogP contribution in [0.1, 0.15) is 19.4 Å². The first-order valence-corrected chi connectivity index (χ1v) is 4.97. The van der Waals surface area contributed by atoms with Gasteiger partial charge < -0.3 is 5.73 Å². The number of rotatable bonds is 2. The standard InChI is InChI=1S/C10H12Cl2FN/c1-10(2,14)5-6-3-7(11)9(13)8(12)4-6/h3-4H,5,14H2,1-2H3. The summed E-state index contributed by atoms with van der Waals surface area (Å²) < 4.78 is 13.0. The Morgan fingerprint density at radius 1 is 1.29 bits per heavy atom. The second kappa shape index (κ2) is 4.05. The Morgan fingerprint density at radius 2 is 1.71 bits per heavy atom. The first-order chi connectivity index (χ1) is 6.29. The van der Waals surface area contributed by atoms with E-state index in [0.717, 1.165) is 5.56 Å². The Kier molecular flexibility index (Phi) is 3.40. The van der Waals surface area contributed by atoms with E-state index in [4.69, 9.17) is 28.9 Å². The summed E-state index contributed by atoms with van der Waals surface area (Å²) in [5.41, 5.74) is 6.31. The van der Waals surface area contributed by atoms with E-state index in [1.165, 1.54) is 0 Å². The van der Waals surface area contributed by atoms with Crippen LogP contribution in [0.15, 0.2) is 12.1 Å². The van der Waals surface area contributed by atoms with Crippen LogP contribution in [0.25, 0.3) is 0 Å². The highest BCUT2D eigenvalue weighted by Gasteiger charge is 2.14. The summed E-state index contributed by atoms with van der Waals surface area (Å²) in [6.07, 6.45) is 0.604. The largest absolute Gasteiger partial charge is 0.325 e. The van der Waals surface area contributed by atoms with Gasteiger partial charge >= 0.3 is 0 Å². The Balaban J connectivity index is 3.02. The number of benzene rings is 1. The zero-order chi connectivity index (χ0) is 10.9. The third-order valence-electron chi connectivity index (χ3n) is 1.70. The predicted molar refractivity (Wildman–Crippen MR) is 58.4 cm³/mol. The Hall–Kier alpha value is -0.310. The molecule has 0 atom stereocenters. The van der Waals surface area contributed by atoms with Crippen molar-refractivity contribution in [1.82, 2.24) is 0 Å². The lowest BCUT2D eigenvalue weighted by atomic mass is 9.96. The molecule has 0 saturated carbocycles. The van der Waals surface area contributed by atoms with E-state index in [1.54, 1.807) is 12.1 Å². The van der Waals surface area contributed by atoms with Gasteiger partial charge in [-0.15, -0.1) is 0 Å². The second-order valence-corrected chi connectivity index (χ2v) is 4.85. The van der Waals surface area contributed by atoms with E-state index in [0.29, 0.717) is 6.42 Å². The predicted octanol–water partition coefficient (Wildman–Crippen LogP) is 3.41. The van der Waals surface area contributed by atoms with Crippen molar-refractivity contribution in [1.29, 1.82) is 0 Å². The number of hydrogen-bond acceptors (Lipinski definition) is 1. The van der Waals surface area contributed by atoms with Crippen LogP contribution in [0.2, 0.25) is 10.0 Å². The summed E-state index contributed by atoms with van der Waals surface area (Å²) in [4.78, 5) is 0. The SMILES string of the molecule is CC(C)(N)Cc1cc(Cl)c(F)c(Cl)c1. The fourth-order valence-electron chi connectivity index (χ4n) is 1.24. The van der Waals surface area contributed by atoms with Crippen LogP contribution in [0.4, 0.5) is 4.39 Å². The van der Waals surface area contributed by atoms with Gasteiger partial charge in [-0.05, 0) is 38.0 Å².